The Kier molecular flexibility index (Phi) is 5.65. The molecule has 0 aliphatic rings. The Bertz CT molecular complexity index is 2440. The molecule has 0 spiro atoms. The third-order valence-electron chi connectivity index (χ3n) is 8.12. The second kappa shape index (κ2) is 9.62. The highest BCUT2D eigenvalue weighted by atomic mass is 16.3. The van der Waals surface area contributed by atoms with Crippen LogP contribution in [0.1, 0.15) is 32.2 Å². The lowest BCUT2D eigenvalue weighted by Crippen LogP contribution is -2.18. The second-order valence-electron chi connectivity index (χ2n) is 12.1. The summed E-state index contributed by atoms with van der Waals surface area (Å²) in [7, 11) is 0. The summed E-state index contributed by atoms with van der Waals surface area (Å²) in [6.45, 7) is 6.30. The number of hydrogen-bond donors (Lipinski definition) is 0. The SMILES string of the molecule is CC(C)(C)c1nc(-c2ccccc2)nc(-c2cc(C#N)ccc2-n2c3ccccc3c3ccc4oc5ccccc5c4c32)n1. The number of hydrogen-bond acceptors (Lipinski definition) is 5. The molecule has 0 saturated carbocycles. The number of benzene rings is 5. The molecule has 6 nitrogen and oxygen atoms in total. The fourth-order valence-electron chi connectivity index (χ4n) is 6.04. The van der Waals surface area contributed by atoms with Crippen LogP contribution in [0.5, 0.6) is 0 Å². The highest BCUT2D eigenvalue weighted by Crippen LogP contribution is 2.42. The number of furan rings is 1. The Balaban J connectivity index is 1.52. The van der Waals surface area contributed by atoms with E-state index < -0.39 is 0 Å². The van der Waals surface area contributed by atoms with E-state index in [0.717, 1.165) is 60.6 Å². The van der Waals surface area contributed by atoms with Crippen molar-refractivity contribution in [2.75, 3.05) is 0 Å². The molecule has 3 heterocycles. The first kappa shape index (κ1) is 25.9. The summed E-state index contributed by atoms with van der Waals surface area (Å²) < 4.78 is 8.60. The van der Waals surface area contributed by atoms with Gasteiger partial charge in [0, 0.05) is 32.7 Å². The van der Waals surface area contributed by atoms with Crippen LogP contribution in [0.15, 0.2) is 114 Å². The number of fused-ring (bicyclic) bond motifs is 7. The standard InChI is InChI=1S/C38H27N5O/c1-38(2,3)37-41-35(24-11-5-4-6-12-24)40-36(42-37)28-21-23(22-39)17-19-30(28)43-29-15-9-7-13-25(29)26-18-20-32-33(34(26)43)27-14-8-10-16-31(27)44-32/h4-21H,1-3H3. The Morgan fingerprint density at radius 2 is 1.41 bits per heavy atom. The van der Waals surface area contributed by atoms with Gasteiger partial charge < -0.3 is 8.98 Å². The molecule has 8 aromatic rings. The molecule has 8 rings (SSSR count). The third-order valence-corrected chi connectivity index (χ3v) is 8.12. The van der Waals surface area contributed by atoms with E-state index in [0.29, 0.717) is 23.0 Å². The zero-order valence-corrected chi connectivity index (χ0v) is 24.5. The van der Waals surface area contributed by atoms with Gasteiger partial charge in [-0.05, 0) is 42.5 Å². The van der Waals surface area contributed by atoms with Gasteiger partial charge in [-0.1, -0.05) is 87.5 Å². The molecule has 5 aromatic carbocycles. The van der Waals surface area contributed by atoms with Crippen LogP contribution in [0.4, 0.5) is 0 Å². The number of nitriles is 1. The van der Waals surface area contributed by atoms with Crippen LogP contribution >= 0.6 is 0 Å². The average Bonchev–Trinajstić information content (AvgIpc) is 3.60. The van der Waals surface area contributed by atoms with Gasteiger partial charge in [0.1, 0.15) is 17.0 Å². The fraction of sp³-hybridized carbons (Fsp3) is 0.105. The van der Waals surface area contributed by atoms with E-state index in [4.69, 9.17) is 19.4 Å². The van der Waals surface area contributed by atoms with Crippen LogP contribution in [0.3, 0.4) is 0 Å². The molecule has 0 N–H and O–H groups in total. The lowest BCUT2D eigenvalue weighted by molar-refractivity contribution is 0.543. The molecule has 0 amide bonds. The third kappa shape index (κ3) is 3.98. The zero-order valence-electron chi connectivity index (χ0n) is 24.5. The number of nitrogens with zero attached hydrogens (tertiary/aromatic N) is 5. The normalized spacial score (nSPS) is 12.0. The van der Waals surface area contributed by atoms with E-state index in [1.807, 2.05) is 66.7 Å². The minimum absolute atomic E-state index is 0.330. The molecule has 0 bridgehead atoms. The van der Waals surface area contributed by atoms with Gasteiger partial charge in [0.05, 0.1) is 33.7 Å². The first-order chi connectivity index (χ1) is 21.4. The van der Waals surface area contributed by atoms with Gasteiger partial charge in [0.2, 0.25) is 0 Å². The molecule has 0 aliphatic carbocycles. The molecule has 0 aliphatic heterocycles. The topological polar surface area (TPSA) is 80.5 Å². The zero-order chi connectivity index (χ0) is 30.0. The van der Waals surface area contributed by atoms with E-state index in [1.54, 1.807) is 0 Å². The van der Waals surface area contributed by atoms with E-state index in [-0.39, 0.29) is 5.41 Å². The minimum atomic E-state index is -0.330. The van der Waals surface area contributed by atoms with Crippen LogP contribution in [-0.4, -0.2) is 19.5 Å². The lowest BCUT2D eigenvalue weighted by atomic mass is 9.95. The van der Waals surface area contributed by atoms with E-state index >= 15 is 0 Å². The van der Waals surface area contributed by atoms with Crippen LogP contribution < -0.4 is 0 Å². The van der Waals surface area contributed by atoms with Crippen LogP contribution in [0, 0.1) is 11.3 Å². The highest BCUT2D eigenvalue weighted by Gasteiger charge is 2.25. The maximum atomic E-state index is 10.00. The molecule has 3 aromatic heterocycles. The molecule has 44 heavy (non-hydrogen) atoms. The molecule has 6 heteroatoms. The first-order valence-corrected chi connectivity index (χ1v) is 14.6. The van der Waals surface area contributed by atoms with Gasteiger partial charge >= 0.3 is 0 Å². The van der Waals surface area contributed by atoms with Gasteiger partial charge in [-0.15, -0.1) is 0 Å². The molecule has 0 atom stereocenters. The summed E-state index contributed by atoms with van der Waals surface area (Å²) in [6.07, 6.45) is 0. The van der Waals surface area contributed by atoms with Crippen LogP contribution in [0.2, 0.25) is 0 Å². The number of rotatable bonds is 3. The molecule has 0 fully saturated rings. The second-order valence-corrected chi connectivity index (χ2v) is 12.1. The van der Waals surface area contributed by atoms with E-state index in [2.05, 4.69) is 73.9 Å². The van der Waals surface area contributed by atoms with Crippen molar-refractivity contribution < 1.29 is 4.42 Å². The fourth-order valence-corrected chi connectivity index (χ4v) is 6.04. The van der Waals surface area contributed by atoms with Crippen LogP contribution in [-0.2, 0) is 5.41 Å². The summed E-state index contributed by atoms with van der Waals surface area (Å²) in [6, 6.07) is 38.8. The van der Waals surface area contributed by atoms with E-state index in [9.17, 15) is 5.26 Å². The van der Waals surface area contributed by atoms with Crippen molar-refractivity contribution in [3.63, 3.8) is 0 Å². The largest absolute Gasteiger partial charge is 0.456 e. The summed E-state index contributed by atoms with van der Waals surface area (Å²) in [5, 5.41) is 14.3. The van der Waals surface area contributed by atoms with Crippen molar-refractivity contribution in [1.29, 1.82) is 5.26 Å². The van der Waals surface area contributed by atoms with Crippen LogP contribution in [0.25, 0.3) is 72.2 Å². The molecule has 210 valence electrons. The van der Waals surface area contributed by atoms with Crippen molar-refractivity contribution in [2.24, 2.45) is 0 Å². The van der Waals surface area contributed by atoms with Crippen molar-refractivity contribution in [3.8, 4) is 34.5 Å². The summed E-state index contributed by atoms with van der Waals surface area (Å²) in [5.41, 5.74) is 6.46. The maximum Gasteiger partial charge on any atom is 0.165 e. The molecular formula is C38H27N5O. The summed E-state index contributed by atoms with van der Waals surface area (Å²) >= 11 is 0. The van der Waals surface area contributed by atoms with Gasteiger partial charge in [-0.3, -0.25) is 0 Å². The van der Waals surface area contributed by atoms with Crippen molar-refractivity contribution >= 4 is 43.7 Å². The Hall–Kier alpha value is -5.80. The summed E-state index contributed by atoms with van der Waals surface area (Å²) in [4.78, 5) is 15.0. The smallest absolute Gasteiger partial charge is 0.165 e. The Morgan fingerprint density at radius 1 is 0.682 bits per heavy atom. The average molecular weight is 570 g/mol. The highest BCUT2D eigenvalue weighted by molar-refractivity contribution is 6.24. The molecule has 0 unspecified atom stereocenters. The minimum Gasteiger partial charge on any atom is -0.456 e. The number of aromatic nitrogens is 4. The van der Waals surface area contributed by atoms with E-state index in [1.165, 1.54) is 0 Å². The predicted molar refractivity (Wildman–Crippen MR) is 176 cm³/mol. The van der Waals surface area contributed by atoms with Gasteiger partial charge in [-0.2, -0.15) is 5.26 Å². The first-order valence-electron chi connectivity index (χ1n) is 14.6. The van der Waals surface area contributed by atoms with Crippen molar-refractivity contribution in [2.45, 2.75) is 26.2 Å². The number of para-hydroxylation sites is 2. The van der Waals surface area contributed by atoms with Crippen molar-refractivity contribution in [1.82, 2.24) is 19.5 Å². The monoisotopic (exact) mass is 569 g/mol. The molecule has 0 radical (unpaired) electrons. The maximum absolute atomic E-state index is 10.00. The molecule has 0 saturated heterocycles. The summed E-state index contributed by atoms with van der Waals surface area (Å²) in [5.74, 6) is 1.80. The molecular weight excluding hydrogens is 542 g/mol. The van der Waals surface area contributed by atoms with Gasteiger partial charge in [0.15, 0.2) is 11.6 Å². The Morgan fingerprint density at radius 3 is 2.20 bits per heavy atom. The van der Waals surface area contributed by atoms with Gasteiger partial charge in [0.25, 0.3) is 0 Å². The van der Waals surface area contributed by atoms with Gasteiger partial charge in [-0.25, -0.2) is 15.0 Å². The predicted octanol–water partition coefficient (Wildman–Crippen LogP) is 9.37. The Labute approximate surface area is 253 Å². The lowest BCUT2D eigenvalue weighted by Gasteiger charge is -2.19. The van der Waals surface area contributed by atoms with Crippen molar-refractivity contribution in [3.05, 3.63) is 121 Å². The quantitative estimate of drug-likeness (QED) is 0.212.